The maximum atomic E-state index is 13.6. The van der Waals surface area contributed by atoms with E-state index < -0.39 is 10.0 Å². The van der Waals surface area contributed by atoms with E-state index in [1.54, 1.807) is 10.5 Å². The lowest BCUT2D eigenvalue weighted by molar-refractivity contribution is 0.383. The molecule has 0 unspecified atom stereocenters. The Kier molecular flexibility index (Phi) is 5.90. The van der Waals surface area contributed by atoms with Gasteiger partial charge in [-0.3, -0.25) is 4.68 Å². The third kappa shape index (κ3) is 4.25. The Morgan fingerprint density at radius 3 is 2.33 bits per heavy atom. The van der Waals surface area contributed by atoms with E-state index in [2.05, 4.69) is 4.90 Å². The average molecular weight is 451 g/mol. The topological polar surface area (TPSA) is 58.4 Å². The van der Waals surface area contributed by atoms with Crippen molar-refractivity contribution in [2.24, 2.45) is 0 Å². The van der Waals surface area contributed by atoms with Crippen LogP contribution in [0.15, 0.2) is 35.4 Å². The molecule has 0 amide bonds. The van der Waals surface area contributed by atoms with Crippen molar-refractivity contribution in [2.75, 3.05) is 31.1 Å². The summed E-state index contributed by atoms with van der Waals surface area (Å²) in [5.41, 5.74) is 1.37. The Labute approximate surface area is 184 Å². The van der Waals surface area contributed by atoms with Gasteiger partial charge >= 0.3 is 0 Å². The van der Waals surface area contributed by atoms with E-state index in [0.29, 0.717) is 47.8 Å². The maximum Gasteiger partial charge on any atom is 0.246 e. The normalized spacial score (nSPS) is 19.5. The Balaban J connectivity index is 1.58. The zero-order valence-electron chi connectivity index (χ0n) is 18.0. The molecule has 2 fully saturated rings. The number of nitrogens with zero attached hydrogens (tertiary/aromatic N) is 4. The van der Waals surface area contributed by atoms with E-state index in [1.807, 2.05) is 49.7 Å². The molecule has 6 nitrogen and oxygen atoms in total. The summed E-state index contributed by atoms with van der Waals surface area (Å²) in [6.45, 7) is 8.28. The van der Waals surface area contributed by atoms with Gasteiger partial charge in [0.25, 0.3) is 0 Å². The van der Waals surface area contributed by atoms with Crippen LogP contribution in [0.1, 0.15) is 58.2 Å². The maximum absolute atomic E-state index is 13.6. The molecule has 0 spiro atoms. The quantitative estimate of drug-likeness (QED) is 0.690. The molecule has 2 heterocycles. The van der Waals surface area contributed by atoms with E-state index >= 15 is 0 Å². The van der Waals surface area contributed by atoms with Crippen LogP contribution < -0.4 is 4.90 Å². The highest BCUT2D eigenvalue weighted by atomic mass is 35.5. The van der Waals surface area contributed by atoms with E-state index in [9.17, 15) is 8.42 Å². The van der Waals surface area contributed by atoms with Crippen molar-refractivity contribution in [1.82, 2.24) is 14.1 Å². The van der Waals surface area contributed by atoms with Crippen LogP contribution in [0.4, 0.5) is 5.69 Å². The molecule has 0 N–H and O–H groups in total. The highest BCUT2D eigenvalue weighted by Gasteiger charge is 2.36. The monoisotopic (exact) mass is 450 g/mol. The highest BCUT2D eigenvalue weighted by Crippen LogP contribution is 2.35. The van der Waals surface area contributed by atoms with Gasteiger partial charge in [0.05, 0.1) is 11.7 Å². The minimum absolute atomic E-state index is 0.315. The van der Waals surface area contributed by atoms with E-state index in [0.717, 1.165) is 18.5 Å². The summed E-state index contributed by atoms with van der Waals surface area (Å²) >= 11 is 6.12. The fraction of sp³-hybridized carbons (Fsp3) is 0.591. The van der Waals surface area contributed by atoms with Crippen LogP contribution in [0.2, 0.25) is 5.02 Å². The first-order valence-corrected chi connectivity index (χ1v) is 12.6. The van der Waals surface area contributed by atoms with Crippen molar-refractivity contribution < 1.29 is 8.42 Å². The van der Waals surface area contributed by atoms with Crippen molar-refractivity contribution in [2.45, 2.75) is 62.8 Å². The molecule has 164 valence electrons. The Morgan fingerprint density at radius 1 is 1.07 bits per heavy atom. The third-order valence-corrected chi connectivity index (χ3v) is 8.27. The number of piperazine rings is 1. The first-order chi connectivity index (χ1) is 14.2. The molecule has 0 atom stereocenters. The van der Waals surface area contributed by atoms with E-state index in [1.165, 1.54) is 12.8 Å². The van der Waals surface area contributed by atoms with Crippen molar-refractivity contribution in [3.05, 3.63) is 41.2 Å². The number of anilines is 1. The zero-order valence-corrected chi connectivity index (χ0v) is 19.6. The number of hydrogen-bond acceptors (Lipinski definition) is 4. The van der Waals surface area contributed by atoms with Gasteiger partial charge in [-0.15, -0.1) is 0 Å². The highest BCUT2D eigenvalue weighted by molar-refractivity contribution is 7.89. The van der Waals surface area contributed by atoms with Crippen molar-refractivity contribution in [1.29, 1.82) is 0 Å². The largest absolute Gasteiger partial charge is 0.369 e. The molecule has 30 heavy (non-hydrogen) atoms. The van der Waals surface area contributed by atoms with Gasteiger partial charge in [-0.2, -0.15) is 9.40 Å². The molecule has 8 heteroatoms. The van der Waals surface area contributed by atoms with Gasteiger partial charge in [0, 0.05) is 48.5 Å². The molecule has 1 aromatic carbocycles. The van der Waals surface area contributed by atoms with Crippen LogP contribution in [-0.2, 0) is 15.4 Å². The lowest BCUT2D eigenvalue weighted by Gasteiger charge is -2.35. The van der Waals surface area contributed by atoms with Gasteiger partial charge < -0.3 is 4.90 Å². The van der Waals surface area contributed by atoms with Crippen LogP contribution in [0.5, 0.6) is 0 Å². The van der Waals surface area contributed by atoms with Gasteiger partial charge in [0.1, 0.15) is 4.90 Å². The Morgan fingerprint density at radius 2 is 1.73 bits per heavy atom. The molecular weight excluding hydrogens is 420 g/mol. The number of rotatable bonds is 4. The smallest absolute Gasteiger partial charge is 0.246 e. The SMILES string of the molecule is CC(C)(C)c1nn(C2CCCC2)cc1S(=O)(=O)N1CCN(c2cccc(Cl)c2)CC1. The molecule has 1 aromatic heterocycles. The third-order valence-electron chi connectivity index (χ3n) is 6.14. The number of aromatic nitrogens is 2. The van der Waals surface area contributed by atoms with E-state index in [-0.39, 0.29) is 5.41 Å². The predicted octanol–water partition coefficient (Wildman–Crippen LogP) is 4.46. The van der Waals surface area contributed by atoms with Gasteiger partial charge in [-0.25, -0.2) is 8.42 Å². The van der Waals surface area contributed by atoms with Crippen LogP contribution in [0.25, 0.3) is 0 Å². The minimum Gasteiger partial charge on any atom is -0.369 e. The summed E-state index contributed by atoms with van der Waals surface area (Å²) in [6.07, 6.45) is 6.30. The summed E-state index contributed by atoms with van der Waals surface area (Å²) in [5.74, 6) is 0. The summed E-state index contributed by atoms with van der Waals surface area (Å²) in [5, 5.41) is 5.47. The number of hydrogen-bond donors (Lipinski definition) is 0. The molecule has 4 rings (SSSR count). The van der Waals surface area contributed by atoms with Gasteiger partial charge in [0.15, 0.2) is 0 Å². The predicted molar refractivity (Wildman–Crippen MR) is 121 cm³/mol. The first kappa shape index (κ1) is 21.7. The number of benzene rings is 1. The minimum atomic E-state index is -3.60. The molecule has 1 saturated carbocycles. The molecule has 0 bridgehead atoms. The fourth-order valence-corrected chi connectivity index (χ4v) is 6.38. The van der Waals surface area contributed by atoms with Crippen molar-refractivity contribution in [3.8, 4) is 0 Å². The molecule has 2 aliphatic rings. The summed E-state index contributed by atoms with van der Waals surface area (Å²) in [4.78, 5) is 2.56. The second kappa shape index (κ2) is 8.17. The Hall–Kier alpha value is -1.57. The van der Waals surface area contributed by atoms with Crippen LogP contribution in [-0.4, -0.2) is 48.7 Å². The lowest BCUT2D eigenvalue weighted by atomic mass is 9.92. The van der Waals surface area contributed by atoms with Crippen molar-refractivity contribution in [3.63, 3.8) is 0 Å². The zero-order chi connectivity index (χ0) is 21.5. The van der Waals surface area contributed by atoms with Crippen LogP contribution in [0.3, 0.4) is 0 Å². The van der Waals surface area contributed by atoms with Gasteiger partial charge in [-0.05, 0) is 31.0 Å². The summed E-state index contributed by atoms with van der Waals surface area (Å²) < 4.78 is 30.8. The molecule has 0 radical (unpaired) electrons. The van der Waals surface area contributed by atoms with Crippen LogP contribution in [0, 0.1) is 0 Å². The lowest BCUT2D eigenvalue weighted by Crippen LogP contribution is -2.48. The molecule has 1 aliphatic heterocycles. The Bertz CT molecular complexity index is 998. The number of halogens is 1. The average Bonchev–Trinajstić information content (AvgIpc) is 3.37. The standard InChI is InChI=1S/C22H31ClN4O2S/c1-22(2,3)21-20(16-27(24-21)18-8-4-5-9-18)30(28,29)26-13-11-25(12-14-26)19-10-6-7-17(23)15-19/h6-7,10,15-16,18H,4-5,8-9,11-14H2,1-3H3. The molecule has 1 saturated heterocycles. The van der Waals surface area contributed by atoms with Crippen LogP contribution >= 0.6 is 11.6 Å². The molecule has 1 aliphatic carbocycles. The fourth-order valence-electron chi connectivity index (χ4n) is 4.44. The summed E-state index contributed by atoms with van der Waals surface area (Å²) in [6, 6.07) is 8.03. The number of sulfonamides is 1. The summed E-state index contributed by atoms with van der Waals surface area (Å²) in [7, 11) is -3.60. The van der Waals surface area contributed by atoms with Gasteiger partial charge in [0.2, 0.25) is 10.0 Å². The molecule has 2 aromatic rings. The second-order valence-corrected chi connectivity index (χ2v) is 11.7. The molecular formula is C22H31ClN4O2S. The second-order valence-electron chi connectivity index (χ2n) is 9.38. The van der Waals surface area contributed by atoms with Gasteiger partial charge in [-0.1, -0.05) is 51.3 Å². The van der Waals surface area contributed by atoms with Crippen molar-refractivity contribution >= 4 is 27.3 Å². The first-order valence-electron chi connectivity index (χ1n) is 10.8. The van der Waals surface area contributed by atoms with E-state index in [4.69, 9.17) is 16.7 Å².